The lowest BCUT2D eigenvalue weighted by molar-refractivity contribution is 0.111. The molecule has 0 radical (unpaired) electrons. The third kappa shape index (κ3) is 4.34. The first-order valence-corrected chi connectivity index (χ1v) is 9.75. The van der Waals surface area contributed by atoms with Crippen LogP contribution in [-0.4, -0.2) is 12.6 Å². The Bertz CT molecular complexity index is 1240. The number of benzene rings is 4. The molecule has 0 spiro atoms. The summed E-state index contributed by atoms with van der Waals surface area (Å²) in [4.78, 5) is 21.7. The monoisotopic (exact) mass is 388 g/mol. The predicted molar refractivity (Wildman–Crippen MR) is 125 cm³/mol. The SMILES string of the molecule is O=Cc1ccc(/C=C\c2ccc3ccccc3c2/C=C\c2ccc(C=O)cc2)cc1. The van der Waals surface area contributed by atoms with Crippen LogP contribution >= 0.6 is 0 Å². The van der Waals surface area contributed by atoms with Crippen LogP contribution in [0.15, 0.2) is 84.9 Å². The van der Waals surface area contributed by atoms with Gasteiger partial charge in [0, 0.05) is 11.1 Å². The van der Waals surface area contributed by atoms with Crippen LogP contribution in [0.1, 0.15) is 43.0 Å². The summed E-state index contributed by atoms with van der Waals surface area (Å²) >= 11 is 0. The van der Waals surface area contributed by atoms with Gasteiger partial charge in [-0.15, -0.1) is 0 Å². The number of hydrogen-bond donors (Lipinski definition) is 0. The van der Waals surface area contributed by atoms with E-state index in [2.05, 4.69) is 48.6 Å². The van der Waals surface area contributed by atoms with Gasteiger partial charge in [-0.25, -0.2) is 0 Å². The zero-order chi connectivity index (χ0) is 20.8. The first-order chi connectivity index (χ1) is 14.8. The fourth-order valence-electron chi connectivity index (χ4n) is 3.38. The second kappa shape index (κ2) is 8.97. The Balaban J connectivity index is 1.73. The molecular weight excluding hydrogens is 368 g/mol. The topological polar surface area (TPSA) is 34.1 Å². The van der Waals surface area contributed by atoms with E-state index in [0.29, 0.717) is 11.1 Å². The maximum atomic E-state index is 10.9. The molecule has 0 unspecified atom stereocenters. The maximum Gasteiger partial charge on any atom is 0.150 e. The Morgan fingerprint density at radius 2 is 1.00 bits per heavy atom. The van der Waals surface area contributed by atoms with E-state index < -0.39 is 0 Å². The van der Waals surface area contributed by atoms with E-state index in [0.717, 1.165) is 34.8 Å². The highest BCUT2D eigenvalue weighted by molar-refractivity contribution is 5.97. The molecule has 30 heavy (non-hydrogen) atoms. The highest BCUT2D eigenvalue weighted by Crippen LogP contribution is 2.26. The zero-order valence-electron chi connectivity index (χ0n) is 16.4. The molecule has 0 aliphatic heterocycles. The lowest BCUT2D eigenvalue weighted by Gasteiger charge is -2.07. The van der Waals surface area contributed by atoms with Crippen LogP contribution in [0.3, 0.4) is 0 Å². The largest absolute Gasteiger partial charge is 0.298 e. The molecule has 0 heterocycles. The number of carbonyl (C=O) groups excluding carboxylic acids is 2. The van der Waals surface area contributed by atoms with E-state index in [-0.39, 0.29) is 0 Å². The predicted octanol–water partition coefficient (Wildman–Crippen LogP) is 6.81. The minimum Gasteiger partial charge on any atom is -0.298 e. The summed E-state index contributed by atoms with van der Waals surface area (Å²) in [6.07, 6.45) is 10.0. The first-order valence-electron chi connectivity index (χ1n) is 9.75. The fourth-order valence-corrected chi connectivity index (χ4v) is 3.38. The minimum absolute atomic E-state index is 0.668. The molecule has 0 saturated carbocycles. The molecule has 2 nitrogen and oxygen atoms in total. The van der Waals surface area contributed by atoms with Crippen LogP contribution in [0.2, 0.25) is 0 Å². The van der Waals surface area contributed by atoms with Gasteiger partial charge in [0.05, 0.1) is 0 Å². The Hall–Kier alpha value is -4.04. The normalized spacial score (nSPS) is 11.3. The molecule has 0 aliphatic rings. The molecule has 144 valence electrons. The summed E-state index contributed by atoms with van der Waals surface area (Å²) < 4.78 is 0. The van der Waals surface area contributed by atoms with Gasteiger partial charge in [0.15, 0.2) is 0 Å². The van der Waals surface area contributed by atoms with Crippen molar-refractivity contribution in [1.29, 1.82) is 0 Å². The highest BCUT2D eigenvalue weighted by Gasteiger charge is 2.03. The Morgan fingerprint density at radius 3 is 1.60 bits per heavy atom. The summed E-state index contributed by atoms with van der Waals surface area (Å²) in [5, 5.41) is 2.36. The third-order valence-corrected chi connectivity index (χ3v) is 5.05. The molecule has 0 fully saturated rings. The fraction of sp³-hybridized carbons (Fsp3) is 0. The van der Waals surface area contributed by atoms with E-state index in [1.807, 2.05) is 60.7 Å². The van der Waals surface area contributed by atoms with Crippen molar-refractivity contribution >= 4 is 47.6 Å². The Kier molecular flexibility index (Phi) is 5.77. The van der Waals surface area contributed by atoms with Gasteiger partial charge in [-0.05, 0) is 33.0 Å². The lowest BCUT2D eigenvalue weighted by Crippen LogP contribution is -1.85. The lowest BCUT2D eigenvalue weighted by atomic mass is 9.97. The number of carbonyl (C=O) groups is 2. The van der Waals surface area contributed by atoms with Crippen molar-refractivity contribution in [3.8, 4) is 0 Å². The van der Waals surface area contributed by atoms with Crippen LogP contribution in [0.5, 0.6) is 0 Å². The Morgan fingerprint density at radius 1 is 0.467 bits per heavy atom. The molecule has 0 bridgehead atoms. The van der Waals surface area contributed by atoms with E-state index in [9.17, 15) is 9.59 Å². The van der Waals surface area contributed by atoms with Gasteiger partial charge in [-0.2, -0.15) is 0 Å². The average molecular weight is 388 g/mol. The van der Waals surface area contributed by atoms with Gasteiger partial charge in [0.2, 0.25) is 0 Å². The summed E-state index contributed by atoms with van der Waals surface area (Å²) in [6.45, 7) is 0. The number of hydrogen-bond acceptors (Lipinski definition) is 2. The summed E-state index contributed by atoms with van der Waals surface area (Å²) in [5.74, 6) is 0. The summed E-state index contributed by atoms with van der Waals surface area (Å²) in [6, 6.07) is 27.6. The van der Waals surface area contributed by atoms with Gasteiger partial charge < -0.3 is 0 Å². The molecule has 0 N–H and O–H groups in total. The molecule has 4 aromatic carbocycles. The van der Waals surface area contributed by atoms with Crippen LogP contribution in [0.25, 0.3) is 35.1 Å². The molecule has 0 amide bonds. The van der Waals surface area contributed by atoms with Crippen molar-refractivity contribution in [2.45, 2.75) is 0 Å². The quantitative estimate of drug-likeness (QED) is 0.269. The Labute approximate surface area is 175 Å². The molecule has 0 atom stereocenters. The minimum atomic E-state index is 0.668. The van der Waals surface area contributed by atoms with Gasteiger partial charge in [-0.1, -0.05) is 109 Å². The maximum absolute atomic E-state index is 10.9. The van der Waals surface area contributed by atoms with Crippen molar-refractivity contribution in [2.75, 3.05) is 0 Å². The zero-order valence-corrected chi connectivity index (χ0v) is 16.4. The second-order valence-corrected chi connectivity index (χ2v) is 7.03. The second-order valence-electron chi connectivity index (χ2n) is 7.03. The molecule has 2 heteroatoms. The number of rotatable bonds is 6. The van der Waals surface area contributed by atoms with Crippen molar-refractivity contribution in [2.24, 2.45) is 0 Å². The van der Waals surface area contributed by atoms with E-state index in [4.69, 9.17) is 0 Å². The average Bonchev–Trinajstić information content (AvgIpc) is 2.82. The van der Waals surface area contributed by atoms with Crippen LogP contribution in [0.4, 0.5) is 0 Å². The van der Waals surface area contributed by atoms with Crippen molar-refractivity contribution in [3.63, 3.8) is 0 Å². The van der Waals surface area contributed by atoms with Crippen LogP contribution < -0.4 is 0 Å². The smallest absolute Gasteiger partial charge is 0.150 e. The molecule has 4 rings (SSSR count). The van der Waals surface area contributed by atoms with E-state index >= 15 is 0 Å². The molecule has 0 aliphatic carbocycles. The van der Waals surface area contributed by atoms with Crippen molar-refractivity contribution in [3.05, 3.63) is 118 Å². The summed E-state index contributed by atoms with van der Waals surface area (Å²) in [7, 11) is 0. The van der Waals surface area contributed by atoms with Gasteiger partial charge in [0.25, 0.3) is 0 Å². The van der Waals surface area contributed by atoms with Crippen LogP contribution in [-0.2, 0) is 0 Å². The third-order valence-electron chi connectivity index (χ3n) is 5.05. The van der Waals surface area contributed by atoms with Gasteiger partial charge in [0.1, 0.15) is 12.6 Å². The highest BCUT2D eigenvalue weighted by atomic mass is 16.1. The number of aldehydes is 2. The van der Waals surface area contributed by atoms with Crippen molar-refractivity contribution in [1.82, 2.24) is 0 Å². The summed E-state index contributed by atoms with van der Waals surface area (Å²) in [5.41, 5.74) is 5.65. The molecule has 0 aromatic heterocycles. The van der Waals surface area contributed by atoms with Crippen LogP contribution in [0, 0.1) is 0 Å². The first kappa shape index (κ1) is 19.3. The standard InChI is InChI=1S/C28H20O2/c29-19-23-9-5-21(6-10-23)13-15-26-17-16-25-3-1-2-4-27(25)28(26)18-14-22-7-11-24(20-30)12-8-22/h1-20H/b15-13-,18-14-. The van der Waals surface area contributed by atoms with E-state index in [1.54, 1.807) is 0 Å². The molecule has 4 aromatic rings. The molecular formula is C28H20O2. The van der Waals surface area contributed by atoms with Gasteiger partial charge >= 0.3 is 0 Å². The van der Waals surface area contributed by atoms with Crippen molar-refractivity contribution < 1.29 is 9.59 Å². The van der Waals surface area contributed by atoms with E-state index in [1.165, 1.54) is 10.8 Å². The van der Waals surface area contributed by atoms with Gasteiger partial charge in [-0.3, -0.25) is 9.59 Å². The number of fused-ring (bicyclic) bond motifs is 1. The molecule has 0 saturated heterocycles.